The number of imidazole rings is 1. The van der Waals surface area contributed by atoms with Crippen molar-refractivity contribution in [2.75, 3.05) is 13.7 Å². The molecule has 1 aromatic heterocycles. The Kier molecular flexibility index (Phi) is 3.93. The van der Waals surface area contributed by atoms with Crippen molar-refractivity contribution in [3.8, 4) is 0 Å². The zero-order valence-electron chi connectivity index (χ0n) is 15.6. The molecule has 1 amide bonds. The van der Waals surface area contributed by atoms with Crippen molar-refractivity contribution >= 4 is 22.9 Å². The normalized spacial score (nSPS) is 20.7. The van der Waals surface area contributed by atoms with Crippen molar-refractivity contribution in [2.24, 2.45) is 0 Å². The molecule has 1 N–H and O–H groups in total. The molecule has 1 fully saturated rings. The summed E-state index contributed by atoms with van der Waals surface area (Å²) in [6.07, 6.45) is 4.47. The molecule has 28 heavy (non-hydrogen) atoms. The molecule has 0 saturated carbocycles. The Morgan fingerprint density at radius 3 is 2.89 bits per heavy atom. The van der Waals surface area contributed by atoms with Gasteiger partial charge < -0.3 is 14.6 Å². The molecule has 3 aromatic rings. The lowest BCUT2D eigenvalue weighted by molar-refractivity contribution is 0.0588. The molecule has 0 radical (unpaired) electrons. The number of methoxy groups -OCH3 is 1. The second kappa shape index (κ2) is 6.48. The van der Waals surface area contributed by atoms with Gasteiger partial charge in [0.25, 0.3) is 5.91 Å². The van der Waals surface area contributed by atoms with Crippen LogP contribution in [0.1, 0.15) is 50.6 Å². The third-order valence-corrected chi connectivity index (χ3v) is 6.10. The molecule has 1 saturated heterocycles. The third kappa shape index (κ3) is 2.59. The van der Waals surface area contributed by atoms with Gasteiger partial charge in [-0.3, -0.25) is 4.79 Å². The first-order chi connectivity index (χ1) is 13.7. The number of fused-ring (bicyclic) bond motifs is 4. The number of nitrogens with one attached hydrogen (secondary N) is 1. The molecule has 6 heteroatoms. The van der Waals surface area contributed by atoms with Gasteiger partial charge in [-0.25, -0.2) is 9.78 Å². The Labute approximate surface area is 162 Å². The molecule has 2 heterocycles. The number of ether oxygens (including phenoxy) is 1. The van der Waals surface area contributed by atoms with Gasteiger partial charge in [0, 0.05) is 24.1 Å². The number of aromatic nitrogens is 2. The molecule has 2 aliphatic rings. The predicted octanol–water partition coefficient (Wildman–Crippen LogP) is 3.29. The predicted molar refractivity (Wildman–Crippen MR) is 104 cm³/mol. The number of rotatable bonds is 2. The number of nitrogens with zero attached hydrogens (tertiary/aromatic N) is 2. The fourth-order valence-electron chi connectivity index (χ4n) is 4.77. The Bertz CT molecular complexity index is 1090. The van der Waals surface area contributed by atoms with Crippen LogP contribution in [0.5, 0.6) is 0 Å². The SMILES string of the molecule is COC(=O)c1ccc2c(c1)C[C@@H]1[C@H]2CCCN1C(=O)c1ccc2[nH]cnc2c1. The van der Waals surface area contributed by atoms with Crippen LogP contribution in [0.15, 0.2) is 42.7 Å². The quantitative estimate of drug-likeness (QED) is 0.698. The van der Waals surface area contributed by atoms with Crippen LogP contribution in [0.2, 0.25) is 0 Å². The molecule has 142 valence electrons. The molecule has 1 aliphatic heterocycles. The van der Waals surface area contributed by atoms with Crippen LogP contribution in [0.25, 0.3) is 11.0 Å². The highest BCUT2D eigenvalue weighted by atomic mass is 16.5. The lowest BCUT2D eigenvalue weighted by atomic mass is 9.88. The number of aromatic amines is 1. The minimum absolute atomic E-state index is 0.0561. The largest absolute Gasteiger partial charge is 0.465 e. The number of carbonyl (C=O) groups excluding carboxylic acids is 2. The fraction of sp³-hybridized carbons (Fsp3) is 0.318. The summed E-state index contributed by atoms with van der Waals surface area (Å²) < 4.78 is 4.85. The van der Waals surface area contributed by atoms with E-state index in [0.717, 1.165) is 42.4 Å². The van der Waals surface area contributed by atoms with Crippen LogP contribution in [0, 0.1) is 0 Å². The van der Waals surface area contributed by atoms with Gasteiger partial charge in [-0.2, -0.15) is 0 Å². The molecular weight excluding hydrogens is 354 g/mol. The standard InChI is InChI=1S/C22H21N3O3/c1-28-22(27)14-4-6-16-15(9-14)11-20-17(16)3-2-8-25(20)21(26)13-5-7-18-19(10-13)24-12-23-18/h4-7,9-10,12,17,20H,2-3,8,11H2,1H3,(H,23,24)/t17-,20+/m0/s1. The van der Waals surface area contributed by atoms with Crippen LogP contribution >= 0.6 is 0 Å². The van der Waals surface area contributed by atoms with Crippen LogP contribution in [0.4, 0.5) is 0 Å². The average molecular weight is 375 g/mol. The van der Waals surface area contributed by atoms with E-state index in [9.17, 15) is 9.59 Å². The molecular formula is C22H21N3O3. The lowest BCUT2D eigenvalue weighted by Crippen LogP contribution is -2.46. The number of amides is 1. The smallest absolute Gasteiger partial charge is 0.337 e. The van der Waals surface area contributed by atoms with E-state index in [1.165, 1.54) is 12.7 Å². The molecule has 1 aliphatic carbocycles. The summed E-state index contributed by atoms with van der Waals surface area (Å²) in [5.41, 5.74) is 5.39. The first-order valence-electron chi connectivity index (χ1n) is 9.61. The average Bonchev–Trinajstić information content (AvgIpc) is 3.35. The van der Waals surface area contributed by atoms with Crippen LogP contribution in [-0.2, 0) is 11.2 Å². The van der Waals surface area contributed by atoms with Gasteiger partial charge >= 0.3 is 5.97 Å². The van der Waals surface area contributed by atoms with E-state index in [1.54, 1.807) is 6.33 Å². The van der Waals surface area contributed by atoms with Crippen LogP contribution in [-0.4, -0.2) is 46.4 Å². The maximum Gasteiger partial charge on any atom is 0.337 e. The van der Waals surface area contributed by atoms with Crippen molar-refractivity contribution < 1.29 is 14.3 Å². The molecule has 2 atom stereocenters. The fourth-order valence-corrected chi connectivity index (χ4v) is 4.77. The highest BCUT2D eigenvalue weighted by molar-refractivity contribution is 5.97. The van der Waals surface area contributed by atoms with Crippen LogP contribution < -0.4 is 0 Å². The van der Waals surface area contributed by atoms with E-state index in [0.29, 0.717) is 17.0 Å². The lowest BCUT2D eigenvalue weighted by Gasteiger charge is -2.38. The number of likely N-dealkylation sites (tertiary alicyclic amines) is 1. The van der Waals surface area contributed by atoms with Crippen molar-refractivity contribution in [1.29, 1.82) is 0 Å². The van der Waals surface area contributed by atoms with Gasteiger partial charge in [-0.15, -0.1) is 0 Å². The highest BCUT2D eigenvalue weighted by Crippen LogP contribution is 2.43. The van der Waals surface area contributed by atoms with Crippen molar-refractivity contribution in [1.82, 2.24) is 14.9 Å². The van der Waals surface area contributed by atoms with Gasteiger partial charge in [-0.1, -0.05) is 6.07 Å². The molecule has 2 aromatic carbocycles. The van der Waals surface area contributed by atoms with E-state index >= 15 is 0 Å². The first-order valence-corrected chi connectivity index (χ1v) is 9.61. The van der Waals surface area contributed by atoms with E-state index in [4.69, 9.17) is 4.74 Å². The summed E-state index contributed by atoms with van der Waals surface area (Å²) in [7, 11) is 1.39. The zero-order valence-corrected chi connectivity index (χ0v) is 15.6. The van der Waals surface area contributed by atoms with Gasteiger partial charge in [0.05, 0.1) is 30.0 Å². The number of esters is 1. The van der Waals surface area contributed by atoms with Gasteiger partial charge in [0.2, 0.25) is 0 Å². The summed E-state index contributed by atoms with van der Waals surface area (Å²) in [4.78, 5) is 34.5. The second-order valence-electron chi connectivity index (χ2n) is 7.56. The van der Waals surface area contributed by atoms with E-state index in [1.807, 2.05) is 41.3 Å². The highest BCUT2D eigenvalue weighted by Gasteiger charge is 2.41. The van der Waals surface area contributed by atoms with E-state index < -0.39 is 0 Å². The van der Waals surface area contributed by atoms with Crippen LogP contribution in [0.3, 0.4) is 0 Å². The summed E-state index contributed by atoms with van der Waals surface area (Å²) >= 11 is 0. The van der Waals surface area contributed by atoms with Crippen molar-refractivity contribution in [3.05, 3.63) is 65.0 Å². The number of piperidine rings is 1. The summed E-state index contributed by atoms with van der Waals surface area (Å²) in [6, 6.07) is 11.6. The number of H-pyrrole nitrogens is 1. The molecule has 6 nitrogen and oxygen atoms in total. The molecule has 5 rings (SSSR count). The Balaban J connectivity index is 1.45. The summed E-state index contributed by atoms with van der Waals surface area (Å²) in [5, 5.41) is 0. The number of hydrogen-bond acceptors (Lipinski definition) is 4. The third-order valence-electron chi connectivity index (χ3n) is 6.10. The Morgan fingerprint density at radius 2 is 2.04 bits per heavy atom. The summed E-state index contributed by atoms with van der Waals surface area (Å²) in [6.45, 7) is 0.760. The second-order valence-corrected chi connectivity index (χ2v) is 7.56. The first kappa shape index (κ1) is 17.0. The number of carbonyl (C=O) groups is 2. The Morgan fingerprint density at radius 1 is 1.18 bits per heavy atom. The Hall–Kier alpha value is -3.15. The van der Waals surface area contributed by atoms with E-state index in [2.05, 4.69) is 9.97 Å². The van der Waals surface area contributed by atoms with Gasteiger partial charge in [0.15, 0.2) is 0 Å². The molecule has 0 bridgehead atoms. The maximum absolute atomic E-state index is 13.3. The maximum atomic E-state index is 13.3. The topological polar surface area (TPSA) is 75.3 Å². The monoisotopic (exact) mass is 375 g/mol. The minimum atomic E-state index is -0.321. The summed E-state index contributed by atoms with van der Waals surface area (Å²) in [5.74, 6) is 0.0621. The van der Waals surface area contributed by atoms with Crippen molar-refractivity contribution in [2.45, 2.75) is 31.2 Å². The molecule has 0 unspecified atom stereocenters. The minimum Gasteiger partial charge on any atom is -0.465 e. The zero-order chi connectivity index (χ0) is 19.3. The molecule has 0 spiro atoms. The number of hydrogen-bond donors (Lipinski definition) is 1. The van der Waals surface area contributed by atoms with Gasteiger partial charge in [-0.05, 0) is 60.7 Å². The van der Waals surface area contributed by atoms with Gasteiger partial charge in [0.1, 0.15) is 0 Å². The number of benzene rings is 2. The van der Waals surface area contributed by atoms with Crippen molar-refractivity contribution in [3.63, 3.8) is 0 Å². The van der Waals surface area contributed by atoms with E-state index in [-0.39, 0.29) is 17.9 Å².